The highest BCUT2D eigenvalue weighted by atomic mass is 32.2. The molecule has 20 heavy (non-hydrogen) atoms. The van der Waals surface area contributed by atoms with Crippen molar-refractivity contribution in [2.75, 3.05) is 17.3 Å². The Labute approximate surface area is 114 Å². The van der Waals surface area contributed by atoms with Gasteiger partial charge in [-0.1, -0.05) is 0 Å². The number of methoxy groups -OCH3 is 1. The van der Waals surface area contributed by atoms with Crippen LogP contribution in [-0.2, 0) is 14.8 Å². The zero-order valence-corrected chi connectivity index (χ0v) is 11.2. The van der Waals surface area contributed by atoms with E-state index in [0.29, 0.717) is 5.69 Å². The molecule has 0 bridgehead atoms. The normalized spacial score (nSPS) is 10.8. The monoisotopic (exact) mass is 297 g/mol. The van der Waals surface area contributed by atoms with Gasteiger partial charge in [0.15, 0.2) is 0 Å². The van der Waals surface area contributed by atoms with Crippen LogP contribution in [0.3, 0.4) is 0 Å². The number of carbonyl (C=O) groups is 1. The van der Waals surface area contributed by atoms with Crippen LogP contribution in [0.4, 0.5) is 10.5 Å². The fourth-order valence-electron chi connectivity index (χ4n) is 1.33. The number of aromatic nitrogens is 3. The molecular weight excluding hydrogens is 286 g/mol. The first-order chi connectivity index (χ1) is 9.51. The van der Waals surface area contributed by atoms with Gasteiger partial charge in [0.1, 0.15) is 12.7 Å². The number of nitrogens with one attached hydrogen (secondary N) is 2. The van der Waals surface area contributed by atoms with E-state index in [0.717, 1.165) is 4.68 Å². The first kappa shape index (κ1) is 13.8. The number of rotatable bonds is 4. The number of benzene rings is 1. The Morgan fingerprint density at radius 2 is 1.80 bits per heavy atom. The lowest BCUT2D eigenvalue weighted by Gasteiger charge is -2.08. The molecule has 9 nitrogen and oxygen atoms in total. The molecule has 1 amide bonds. The molecule has 10 heteroatoms. The molecule has 2 N–H and O–H groups in total. The Morgan fingerprint density at radius 3 is 2.35 bits per heavy atom. The topological polar surface area (TPSA) is 115 Å². The van der Waals surface area contributed by atoms with E-state index in [1.807, 2.05) is 0 Å². The lowest BCUT2D eigenvalue weighted by Crippen LogP contribution is -2.22. The van der Waals surface area contributed by atoms with Crippen LogP contribution in [0.5, 0.6) is 0 Å². The Hall–Kier alpha value is -2.62. The molecule has 1 heterocycles. The van der Waals surface area contributed by atoms with Crippen molar-refractivity contribution in [1.29, 1.82) is 0 Å². The molecule has 0 spiro atoms. The average molecular weight is 297 g/mol. The van der Waals surface area contributed by atoms with E-state index >= 15 is 0 Å². The van der Waals surface area contributed by atoms with Gasteiger partial charge in [-0.15, -0.1) is 10.2 Å². The van der Waals surface area contributed by atoms with Gasteiger partial charge in [0.2, 0.25) is 0 Å². The van der Waals surface area contributed by atoms with E-state index in [4.69, 9.17) is 0 Å². The van der Waals surface area contributed by atoms with E-state index in [9.17, 15) is 13.2 Å². The molecule has 0 saturated heterocycles. The summed E-state index contributed by atoms with van der Waals surface area (Å²) >= 11 is 0. The second kappa shape index (κ2) is 5.57. The average Bonchev–Trinajstić information content (AvgIpc) is 2.91. The molecule has 1 aromatic carbocycles. The summed E-state index contributed by atoms with van der Waals surface area (Å²) in [5.41, 5.74) is 0.417. The maximum atomic E-state index is 12.0. The fraction of sp³-hybridized carbons (Fsp3) is 0.100. The van der Waals surface area contributed by atoms with E-state index in [1.54, 1.807) is 0 Å². The minimum atomic E-state index is -3.75. The second-order valence-corrected chi connectivity index (χ2v) is 5.27. The number of hydrogen-bond donors (Lipinski definition) is 2. The Kier molecular flexibility index (Phi) is 3.84. The molecule has 1 aromatic heterocycles. The van der Waals surface area contributed by atoms with Crippen LogP contribution < -0.4 is 10.1 Å². The van der Waals surface area contributed by atoms with Gasteiger partial charge in [-0.05, 0) is 24.3 Å². The fourth-order valence-corrected chi connectivity index (χ4v) is 2.30. The number of ether oxygens (including phenoxy) is 1. The minimum Gasteiger partial charge on any atom is -0.453 e. The summed E-state index contributed by atoms with van der Waals surface area (Å²) in [7, 11) is -2.51. The van der Waals surface area contributed by atoms with Gasteiger partial charge in [-0.3, -0.25) is 5.32 Å². The summed E-state index contributed by atoms with van der Waals surface area (Å²) in [6.07, 6.45) is 1.79. The van der Waals surface area contributed by atoms with Crippen molar-refractivity contribution in [3.63, 3.8) is 0 Å². The molecule has 2 aromatic rings. The molecule has 0 saturated carbocycles. The van der Waals surface area contributed by atoms with Crippen molar-refractivity contribution in [1.82, 2.24) is 14.9 Å². The van der Waals surface area contributed by atoms with Gasteiger partial charge in [-0.25, -0.2) is 14.3 Å². The van der Waals surface area contributed by atoms with Crippen LogP contribution >= 0.6 is 0 Å². The lowest BCUT2D eigenvalue weighted by atomic mass is 10.3. The van der Waals surface area contributed by atoms with Crippen molar-refractivity contribution in [2.45, 2.75) is 4.90 Å². The minimum absolute atomic E-state index is 0.0293. The van der Waals surface area contributed by atoms with Crippen molar-refractivity contribution < 1.29 is 17.9 Å². The van der Waals surface area contributed by atoms with Crippen LogP contribution in [0.1, 0.15) is 0 Å². The van der Waals surface area contributed by atoms with Gasteiger partial charge in [0.25, 0.3) is 10.0 Å². The smallest absolute Gasteiger partial charge is 0.411 e. The van der Waals surface area contributed by atoms with Gasteiger partial charge in [0.05, 0.1) is 12.0 Å². The molecule has 0 aliphatic rings. The summed E-state index contributed by atoms with van der Waals surface area (Å²) in [4.78, 5) is 13.3. The highest BCUT2D eigenvalue weighted by Crippen LogP contribution is 2.14. The Morgan fingerprint density at radius 1 is 1.20 bits per heavy atom. The maximum absolute atomic E-state index is 12.0. The molecule has 0 radical (unpaired) electrons. The number of carbonyl (C=O) groups excluding carboxylic acids is 1. The first-order valence-electron chi connectivity index (χ1n) is 5.34. The lowest BCUT2D eigenvalue weighted by molar-refractivity contribution is 0.187. The Bertz CT molecular complexity index is 681. The van der Waals surface area contributed by atoms with Gasteiger partial charge >= 0.3 is 6.09 Å². The third-order valence-electron chi connectivity index (χ3n) is 2.24. The Balaban J connectivity index is 2.14. The summed E-state index contributed by atoms with van der Waals surface area (Å²) in [6.45, 7) is 0. The highest BCUT2D eigenvalue weighted by molar-refractivity contribution is 7.92. The zero-order valence-electron chi connectivity index (χ0n) is 10.3. The molecule has 0 aliphatic carbocycles. The highest BCUT2D eigenvalue weighted by Gasteiger charge is 2.14. The molecule has 106 valence electrons. The largest absolute Gasteiger partial charge is 0.453 e. The number of amides is 1. The predicted octanol–water partition coefficient (Wildman–Crippen LogP) is 0.389. The summed E-state index contributed by atoms with van der Waals surface area (Å²) < 4.78 is 29.5. The predicted molar refractivity (Wildman–Crippen MR) is 69.0 cm³/mol. The summed E-state index contributed by atoms with van der Waals surface area (Å²) in [5, 5.41) is 9.38. The summed E-state index contributed by atoms with van der Waals surface area (Å²) in [5.74, 6) is 0. The quantitative estimate of drug-likeness (QED) is 0.843. The SMILES string of the molecule is COC(=O)Nc1ccc(S(=O)(=O)Nn2cnnc2)cc1. The van der Waals surface area contributed by atoms with Crippen LogP contribution in [0.25, 0.3) is 0 Å². The van der Waals surface area contributed by atoms with Crippen LogP contribution in [0.2, 0.25) is 0 Å². The molecule has 2 rings (SSSR count). The van der Waals surface area contributed by atoms with Crippen molar-refractivity contribution in [2.24, 2.45) is 0 Å². The number of hydrogen-bond acceptors (Lipinski definition) is 6. The van der Waals surface area contributed by atoms with Crippen molar-refractivity contribution in [3.8, 4) is 0 Å². The standard InChI is InChI=1S/C10H11N5O4S/c1-19-10(16)13-8-2-4-9(5-3-8)20(17,18)14-15-6-11-12-7-15/h2-7,14H,1H3,(H,13,16). The zero-order chi connectivity index (χ0) is 14.6. The van der Waals surface area contributed by atoms with Gasteiger partial charge < -0.3 is 4.74 Å². The van der Waals surface area contributed by atoms with Crippen LogP contribution in [0.15, 0.2) is 41.8 Å². The van der Waals surface area contributed by atoms with Gasteiger partial charge in [0, 0.05) is 5.69 Å². The molecule has 0 fully saturated rings. The van der Waals surface area contributed by atoms with E-state index in [1.165, 1.54) is 44.0 Å². The summed E-state index contributed by atoms with van der Waals surface area (Å²) in [6, 6.07) is 5.57. The van der Waals surface area contributed by atoms with E-state index in [-0.39, 0.29) is 4.90 Å². The number of sulfonamides is 1. The number of anilines is 1. The molecule has 0 atom stereocenters. The molecular formula is C10H11N5O4S. The van der Waals surface area contributed by atoms with Crippen molar-refractivity contribution in [3.05, 3.63) is 36.9 Å². The van der Waals surface area contributed by atoms with Crippen LogP contribution in [-0.4, -0.2) is 36.5 Å². The number of nitrogens with zero attached hydrogens (tertiary/aromatic N) is 3. The van der Waals surface area contributed by atoms with Crippen molar-refractivity contribution >= 4 is 21.8 Å². The van der Waals surface area contributed by atoms with E-state index in [2.05, 4.69) is 25.1 Å². The maximum Gasteiger partial charge on any atom is 0.411 e. The first-order valence-corrected chi connectivity index (χ1v) is 6.82. The molecule has 0 aliphatic heterocycles. The van der Waals surface area contributed by atoms with Gasteiger partial charge in [-0.2, -0.15) is 8.42 Å². The third kappa shape index (κ3) is 3.23. The molecule has 0 unspecified atom stereocenters. The van der Waals surface area contributed by atoms with Crippen LogP contribution in [0, 0.1) is 0 Å². The second-order valence-electron chi connectivity index (χ2n) is 3.60. The van der Waals surface area contributed by atoms with E-state index < -0.39 is 16.1 Å². The third-order valence-corrected chi connectivity index (χ3v) is 3.58.